The number of alkyl halides is 3. The Bertz CT molecular complexity index is 759. The van der Waals surface area contributed by atoms with Crippen LogP contribution in [0.15, 0.2) is 22.7 Å². The number of hydrogen-bond donors (Lipinski definition) is 0. The van der Waals surface area contributed by atoms with E-state index in [1.165, 1.54) is 12.1 Å². The summed E-state index contributed by atoms with van der Waals surface area (Å²) >= 11 is 2.84. The Balaban J connectivity index is 1.76. The fraction of sp³-hybridized carbons (Fsp3) is 0.438. The molecule has 1 aromatic carbocycles. The van der Waals surface area contributed by atoms with Gasteiger partial charge in [-0.05, 0) is 31.0 Å². The van der Waals surface area contributed by atoms with Crippen LogP contribution in [0.2, 0.25) is 0 Å². The summed E-state index contributed by atoms with van der Waals surface area (Å²) in [5.41, 5.74) is -1.04. The Morgan fingerprint density at radius 3 is 2.04 bits per heavy atom. The number of halogens is 4. The summed E-state index contributed by atoms with van der Waals surface area (Å²) in [5.74, 6) is -3.48. The second-order valence-corrected chi connectivity index (χ2v) is 7.27. The van der Waals surface area contributed by atoms with Crippen molar-refractivity contribution in [2.75, 3.05) is 4.90 Å². The maximum absolute atomic E-state index is 13.1. The second-order valence-electron chi connectivity index (χ2n) is 6.42. The predicted octanol–water partition coefficient (Wildman–Crippen LogP) is 3.18. The van der Waals surface area contributed by atoms with Crippen LogP contribution < -0.4 is 4.90 Å². The number of fused-ring (bicyclic) bond motifs is 5. The van der Waals surface area contributed by atoms with Crippen LogP contribution in [0.4, 0.5) is 18.9 Å². The highest BCUT2D eigenvalue weighted by Crippen LogP contribution is 2.54. The topological polar surface area (TPSA) is 54.5 Å². The number of carbonyl (C=O) groups is 3. The van der Waals surface area contributed by atoms with Crippen molar-refractivity contribution >= 4 is 39.2 Å². The Morgan fingerprint density at radius 1 is 1.00 bits per heavy atom. The first-order valence-electron chi connectivity index (χ1n) is 7.50. The lowest BCUT2D eigenvalue weighted by Gasteiger charge is -2.19. The van der Waals surface area contributed by atoms with Crippen LogP contribution in [0, 0.1) is 23.7 Å². The lowest BCUT2D eigenvalue weighted by molar-refractivity contribution is -0.138. The van der Waals surface area contributed by atoms with Crippen molar-refractivity contribution in [2.45, 2.75) is 19.0 Å². The van der Waals surface area contributed by atoms with Crippen LogP contribution in [0.5, 0.6) is 0 Å². The second kappa shape index (κ2) is 4.91. The lowest BCUT2D eigenvalue weighted by Crippen LogP contribution is -2.34. The molecule has 0 radical (unpaired) electrons. The van der Waals surface area contributed by atoms with Gasteiger partial charge in [-0.1, -0.05) is 15.9 Å². The number of carbonyl (C=O) groups excluding carboxylic acids is 3. The third kappa shape index (κ3) is 1.95. The minimum atomic E-state index is -4.61. The molecule has 3 aliphatic rings. The van der Waals surface area contributed by atoms with Gasteiger partial charge in [-0.2, -0.15) is 13.2 Å². The van der Waals surface area contributed by atoms with Crippen molar-refractivity contribution in [1.29, 1.82) is 0 Å². The van der Waals surface area contributed by atoms with Crippen molar-refractivity contribution in [3.63, 3.8) is 0 Å². The van der Waals surface area contributed by atoms with Crippen LogP contribution in [-0.2, 0) is 20.6 Å². The third-order valence-corrected chi connectivity index (χ3v) is 5.99. The average molecular weight is 402 g/mol. The van der Waals surface area contributed by atoms with Gasteiger partial charge in [0.05, 0.1) is 23.1 Å². The zero-order valence-electron chi connectivity index (χ0n) is 12.1. The normalized spacial score (nSPS) is 32.0. The smallest absolute Gasteiger partial charge is 0.299 e. The number of imide groups is 1. The monoisotopic (exact) mass is 401 g/mol. The molecule has 24 heavy (non-hydrogen) atoms. The molecule has 0 aromatic heterocycles. The fourth-order valence-electron chi connectivity index (χ4n) is 4.31. The van der Waals surface area contributed by atoms with Crippen molar-refractivity contribution in [3.05, 3.63) is 28.2 Å². The minimum Gasteiger partial charge on any atom is -0.299 e. The van der Waals surface area contributed by atoms with E-state index in [2.05, 4.69) is 15.9 Å². The van der Waals surface area contributed by atoms with Gasteiger partial charge in [0.2, 0.25) is 11.8 Å². The van der Waals surface area contributed by atoms with Crippen LogP contribution in [0.3, 0.4) is 0 Å². The zero-order valence-corrected chi connectivity index (χ0v) is 13.7. The van der Waals surface area contributed by atoms with Crippen molar-refractivity contribution < 1.29 is 27.6 Å². The third-order valence-electron chi connectivity index (χ3n) is 5.30. The van der Waals surface area contributed by atoms with E-state index in [-0.39, 0.29) is 15.9 Å². The van der Waals surface area contributed by atoms with E-state index in [0.29, 0.717) is 12.8 Å². The van der Waals surface area contributed by atoms with Gasteiger partial charge in [0.15, 0.2) is 0 Å². The van der Waals surface area contributed by atoms with Gasteiger partial charge < -0.3 is 0 Å². The number of benzene rings is 1. The Hall–Kier alpha value is -1.70. The molecular formula is C16H11BrF3NO3. The molecule has 126 valence electrons. The lowest BCUT2D eigenvalue weighted by atomic mass is 9.81. The van der Waals surface area contributed by atoms with Crippen molar-refractivity contribution in [1.82, 2.24) is 0 Å². The number of ketones is 1. The Kier molecular flexibility index (Phi) is 3.23. The molecule has 1 aromatic rings. The zero-order chi connectivity index (χ0) is 17.4. The molecule has 1 heterocycles. The highest BCUT2D eigenvalue weighted by atomic mass is 79.9. The van der Waals surface area contributed by atoms with Gasteiger partial charge in [-0.15, -0.1) is 0 Å². The van der Waals surface area contributed by atoms with E-state index < -0.39 is 47.2 Å². The SMILES string of the molecule is O=C1C2CCC1[C@@H]1C(=O)N(c3ccc(Br)c(C(F)(F)F)c3)C(=O)[C@H]21. The molecule has 2 saturated carbocycles. The molecule has 8 heteroatoms. The summed E-state index contributed by atoms with van der Waals surface area (Å²) in [6.07, 6.45) is -3.46. The van der Waals surface area contributed by atoms with Gasteiger partial charge >= 0.3 is 6.18 Å². The maximum atomic E-state index is 13.1. The summed E-state index contributed by atoms with van der Waals surface area (Å²) in [5, 5.41) is 0. The first-order valence-corrected chi connectivity index (χ1v) is 8.29. The molecule has 2 aliphatic carbocycles. The average Bonchev–Trinajstić information content (AvgIpc) is 3.09. The van der Waals surface area contributed by atoms with E-state index in [1.807, 2.05) is 0 Å². The number of amides is 2. The van der Waals surface area contributed by atoms with E-state index in [1.54, 1.807) is 0 Å². The molecule has 4 rings (SSSR count). The number of anilines is 1. The summed E-state index contributed by atoms with van der Waals surface area (Å²) < 4.78 is 39.0. The van der Waals surface area contributed by atoms with Crippen molar-refractivity contribution in [3.8, 4) is 0 Å². The Morgan fingerprint density at radius 2 is 1.54 bits per heavy atom. The molecule has 4 atom stereocenters. The predicted molar refractivity (Wildman–Crippen MR) is 79.8 cm³/mol. The van der Waals surface area contributed by atoms with Crippen LogP contribution in [-0.4, -0.2) is 17.6 Å². The summed E-state index contributed by atoms with van der Waals surface area (Å²) in [6, 6.07) is 3.27. The van der Waals surface area contributed by atoms with E-state index in [9.17, 15) is 27.6 Å². The van der Waals surface area contributed by atoms with Crippen LogP contribution in [0.1, 0.15) is 18.4 Å². The van der Waals surface area contributed by atoms with Crippen LogP contribution >= 0.6 is 15.9 Å². The highest BCUT2D eigenvalue weighted by Gasteiger charge is 2.65. The first kappa shape index (κ1) is 15.8. The number of hydrogen-bond acceptors (Lipinski definition) is 3. The molecule has 2 amide bonds. The molecule has 3 fully saturated rings. The minimum absolute atomic E-state index is 0.0434. The molecule has 0 N–H and O–H groups in total. The molecule has 4 nitrogen and oxygen atoms in total. The number of Topliss-reactive ketones (excluding diaryl/α,β-unsaturated/α-hetero) is 1. The van der Waals surface area contributed by atoms with Gasteiger partial charge in [-0.25, -0.2) is 4.90 Å². The largest absolute Gasteiger partial charge is 0.417 e. The van der Waals surface area contributed by atoms with E-state index >= 15 is 0 Å². The standard InChI is InChI=1S/C16H11BrF3NO3/c17-10-4-1-6(5-9(10)16(18,19)20)21-14(23)11-7-2-3-8(13(7)22)12(11)15(21)24/h1,4-5,7-8,11-12H,2-3H2/t7?,8?,11-,12+. The maximum Gasteiger partial charge on any atom is 0.417 e. The van der Waals surface area contributed by atoms with Gasteiger partial charge in [-0.3, -0.25) is 14.4 Å². The van der Waals surface area contributed by atoms with Gasteiger partial charge in [0.1, 0.15) is 5.78 Å². The summed E-state index contributed by atoms with van der Waals surface area (Å²) in [4.78, 5) is 38.2. The quantitative estimate of drug-likeness (QED) is 0.679. The molecule has 1 aliphatic heterocycles. The van der Waals surface area contributed by atoms with Gasteiger partial charge in [0, 0.05) is 16.3 Å². The summed E-state index contributed by atoms with van der Waals surface area (Å²) in [7, 11) is 0. The number of rotatable bonds is 1. The molecule has 2 bridgehead atoms. The first-order chi connectivity index (χ1) is 11.2. The summed E-state index contributed by atoms with van der Waals surface area (Å²) in [6.45, 7) is 0. The Labute approximate surface area is 143 Å². The molecule has 2 unspecified atom stereocenters. The van der Waals surface area contributed by atoms with E-state index in [0.717, 1.165) is 11.0 Å². The molecule has 0 spiro atoms. The van der Waals surface area contributed by atoms with E-state index in [4.69, 9.17) is 0 Å². The van der Waals surface area contributed by atoms with Crippen LogP contribution in [0.25, 0.3) is 0 Å². The fourth-order valence-corrected chi connectivity index (χ4v) is 4.79. The highest BCUT2D eigenvalue weighted by molar-refractivity contribution is 9.10. The molecule has 1 saturated heterocycles. The van der Waals surface area contributed by atoms with Crippen molar-refractivity contribution in [2.24, 2.45) is 23.7 Å². The van der Waals surface area contributed by atoms with Gasteiger partial charge in [0.25, 0.3) is 0 Å². The molecular weight excluding hydrogens is 391 g/mol. The number of nitrogens with zero attached hydrogens (tertiary/aromatic N) is 1.